The lowest BCUT2D eigenvalue weighted by Crippen LogP contribution is -2.39. The normalized spacial score (nSPS) is 22.2. The molecule has 0 saturated carbocycles. The summed E-state index contributed by atoms with van der Waals surface area (Å²) in [5, 5.41) is 8.93. The molecule has 0 aliphatic carbocycles. The van der Waals surface area contributed by atoms with Gasteiger partial charge in [-0.05, 0) is 12.5 Å². The first-order valence-corrected chi connectivity index (χ1v) is 5.81. The molecular formula is C13H19NO2. The van der Waals surface area contributed by atoms with Crippen molar-refractivity contribution in [3.05, 3.63) is 35.4 Å². The maximum absolute atomic E-state index is 8.93. The number of hydrogen-bond donors (Lipinski definition) is 1. The van der Waals surface area contributed by atoms with Crippen LogP contribution in [0.5, 0.6) is 0 Å². The molecule has 1 aromatic carbocycles. The molecule has 1 fully saturated rings. The smallest absolute Gasteiger partial charge is 0.0952 e. The Morgan fingerprint density at radius 2 is 2.12 bits per heavy atom. The summed E-state index contributed by atoms with van der Waals surface area (Å²) in [6.07, 6.45) is 0.154. The zero-order valence-electron chi connectivity index (χ0n) is 9.72. The largest absolute Gasteiger partial charge is 0.395 e. The number of aliphatic hydroxyl groups is 1. The summed E-state index contributed by atoms with van der Waals surface area (Å²) in [5.74, 6) is 0. The Kier molecular flexibility index (Phi) is 3.93. The highest BCUT2D eigenvalue weighted by Gasteiger charge is 2.21. The number of benzene rings is 1. The molecular weight excluding hydrogens is 202 g/mol. The Hall–Kier alpha value is -0.900. The maximum Gasteiger partial charge on any atom is 0.0952 e. The first-order valence-electron chi connectivity index (χ1n) is 5.81. The number of hydrogen-bond acceptors (Lipinski definition) is 3. The van der Waals surface area contributed by atoms with E-state index in [9.17, 15) is 0 Å². The van der Waals surface area contributed by atoms with Crippen molar-refractivity contribution in [3.8, 4) is 0 Å². The molecule has 88 valence electrons. The molecule has 0 bridgehead atoms. The van der Waals surface area contributed by atoms with Gasteiger partial charge in [0, 0.05) is 19.6 Å². The van der Waals surface area contributed by atoms with Gasteiger partial charge in [0.1, 0.15) is 0 Å². The number of morpholine rings is 1. The topological polar surface area (TPSA) is 32.7 Å². The van der Waals surface area contributed by atoms with E-state index in [1.807, 2.05) is 0 Å². The van der Waals surface area contributed by atoms with Gasteiger partial charge >= 0.3 is 0 Å². The third-order valence-electron chi connectivity index (χ3n) is 3.02. The van der Waals surface area contributed by atoms with Gasteiger partial charge in [0.25, 0.3) is 0 Å². The van der Waals surface area contributed by atoms with Gasteiger partial charge in [-0.15, -0.1) is 0 Å². The predicted molar refractivity (Wildman–Crippen MR) is 63.4 cm³/mol. The number of nitrogens with zero attached hydrogens (tertiary/aromatic N) is 1. The highest BCUT2D eigenvalue weighted by atomic mass is 16.5. The molecule has 0 spiro atoms. The second kappa shape index (κ2) is 5.43. The van der Waals surface area contributed by atoms with Gasteiger partial charge in [-0.1, -0.05) is 29.8 Å². The van der Waals surface area contributed by atoms with E-state index in [2.05, 4.69) is 36.1 Å². The van der Waals surface area contributed by atoms with Crippen molar-refractivity contribution in [2.24, 2.45) is 0 Å². The van der Waals surface area contributed by atoms with Gasteiger partial charge in [0.15, 0.2) is 0 Å². The second-order valence-electron chi connectivity index (χ2n) is 4.29. The van der Waals surface area contributed by atoms with Crippen molar-refractivity contribution >= 4 is 0 Å². The van der Waals surface area contributed by atoms with Crippen LogP contribution in [0.25, 0.3) is 0 Å². The van der Waals surface area contributed by atoms with Crippen molar-refractivity contribution in [1.29, 1.82) is 0 Å². The molecule has 3 heteroatoms. The third kappa shape index (κ3) is 2.82. The summed E-state index contributed by atoms with van der Waals surface area (Å²) in [4.78, 5) is 2.24. The molecule has 1 heterocycles. The molecule has 1 aromatic rings. The van der Waals surface area contributed by atoms with Crippen molar-refractivity contribution in [3.63, 3.8) is 0 Å². The van der Waals surface area contributed by atoms with Crippen LogP contribution in [-0.2, 0) is 4.74 Å². The summed E-state index contributed by atoms with van der Waals surface area (Å²) < 4.78 is 5.76. The summed E-state index contributed by atoms with van der Waals surface area (Å²) in [5.41, 5.74) is 2.50. The Balaban J connectivity index is 2.01. The standard InChI is InChI=1S/C13H19NO2/c1-11-2-4-12(5-3-11)13-10-14(6-8-15)7-9-16-13/h2-5,13,15H,6-10H2,1H3. The number of aliphatic hydroxyl groups excluding tert-OH is 1. The first-order chi connectivity index (χ1) is 7.79. The van der Waals surface area contributed by atoms with Gasteiger partial charge in [0.2, 0.25) is 0 Å². The van der Waals surface area contributed by atoms with Crippen LogP contribution in [0.2, 0.25) is 0 Å². The monoisotopic (exact) mass is 221 g/mol. The van der Waals surface area contributed by atoms with E-state index in [1.165, 1.54) is 11.1 Å². The Bertz CT molecular complexity index is 321. The highest BCUT2D eigenvalue weighted by molar-refractivity contribution is 5.23. The van der Waals surface area contributed by atoms with Gasteiger partial charge < -0.3 is 9.84 Å². The van der Waals surface area contributed by atoms with Crippen LogP contribution in [-0.4, -0.2) is 42.9 Å². The number of rotatable bonds is 3. The predicted octanol–water partition coefficient (Wildman–Crippen LogP) is 1.36. The fourth-order valence-corrected chi connectivity index (χ4v) is 2.03. The van der Waals surface area contributed by atoms with Crippen molar-refractivity contribution in [2.45, 2.75) is 13.0 Å². The molecule has 1 atom stereocenters. The average molecular weight is 221 g/mol. The Morgan fingerprint density at radius 3 is 2.81 bits per heavy atom. The minimum Gasteiger partial charge on any atom is -0.395 e. The summed E-state index contributed by atoms with van der Waals surface area (Å²) in [6.45, 7) is 5.60. The lowest BCUT2D eigenvalue weighted by Gasteiger charge is -2.32. The summed E-state index contributed by atoms with van der Waals surface area (Å²) in [7, 11) is 0. The summed E-state index contributed by atoms with van der Waals surface area (Å²) >= 11 is 0. The van der Waals surface area contributed by atoms with Crippen molar-refractivity contribution in [2.75, 3.05) is 32.8 Å². The van der Waals surface area contributed by atoms with Crippen LogP contribution >= 0.6 is 0 Å². The van der Waals surface area contributed by atoms with Crippen LogP contribution in [0, 0.1) is 6.92 Å². The molecule has 1 aliphatic rings. The minimum absolute atomic E-state index is 0.154. The lowest BCUT2D eigenvalue weighted by atomic mass is 10.1. The van der Waals surface area contributed by atoms with E-state index >= 15 is 0 Å². The molecule has 1 saturated heterocycles. The van der Waals surface area contributed by atoms with Crippen LogP contribution in [0.3, 0.4) is 0 Å². The molecule has 2 rings (SSSR count). The van der Waals surface area contributed by atoms with Gasteiger partial charge in [0.05, 0.1) is 19.3 Å². The van der Waals surface area contributed by atoms with E-state index in [4.69, 9.17) is 9.84 Å². The quantitative estimate of drug-likeness (QED) is 0.836. The van der Waals surface area contributed by atoms with E-state index in [1.54, 1.807) is 0 Å². The zero-order valence-corrected chi connectivity index (χ0v) is 9.72. The van der Waals surface area contributed by atoms with Crippen LogP contribution in [0.15, 0.2) is 24.3 Å². The third-order valence-corrected chi connectivity index (χ3v) is 3.02. The van der Waals surface area contributed by atoms with Crippen molar-refractivity contribution in [1.82, 2.24) is 4.90 Å². The SMILES string of the molecule is Cc1ccc(C2CN(CCO)CCO2)cc1. The van der Waals surface area contributed by atoms with E-state index in [-0.39, 0.29) is 12.7 Å². The van der Waals surface area contributed by atoms with E-state index < -0.39 is 0 Å². The van der Waals surface area contributed by atoms with Crippen LogP contribution in [0.1, 0.15) is 17.2 Å². The molecule has 1 N–H and O–H groups in total. The van der Waals surface area contributed by atoms with Crippen molar-refractivity contribution < 1.29 is 9.84 Å². The van der Waals surface area contributed by atoms with Crippen LogP contribution < -0.4 is 0 Å². The minimum atomic E-state index is 0.154. The molecule has 1 aliphatic heterocycles. The Morgan fingerprint density at radius 1 is 1.38 bits per heavy atom. The molecule has 16 heavy (non-hydrogen) atoms. The van der Waals surface area contributed by atoms with E-state index in [0.29, 0.717) is 0 Å². The van der Waals surface area contributed by atoms with Gasteiger partial charge in [-0.3, -0.25) is 4.90 Å². The average Bonchev–Trinajstić information content (AvgIpc) is 2.31. The van der Waals surface area contributed by atoms with Gasteiger partial charge in [-0.2, -0.15) is 0 Å². The van der Waals surface area contributed by atoms with Gasteiger partial charge in [-0.25, -0.2) is 0 Å². The molecule has 0 radical (unpaired) electrons. The molecule has 3 nitrogen and oxygen atoms in total. The number of ether oxygens (including phenoxy) is 1. The Labute approximate surface area is 96.6 Å². The number of β-amino-alcohol motifs (C(OH)–C–C–N with tert-alkyl or cyclic N) is 1. The maximum atomic E-state index is 8.93. The fraction of sp³-hybridized carbons (Fsp3) is 0.538. The highest BCUT2D eigenvalue weighted by Crippen LogP contribution is 2.22. The zero-order chi connectivity index (χ0) is 11.4. The summed E-state index contributed by atoms with van der Waals surface area (Å²) in [6, 6.07) is 8.48. The van der Waals surface area contributed by atoms with E-state index in [0.717, 1.165) is 26.2 Å². The fourth-order valence-electron chi connectivity index (χ4n) is 2.03. The first kappa shape index (κ1) is 11.6. The number of aryl methyl sites for hydroxylation is 1. The molecule has 1 unspecified atom stereocenters. The second-order valence-corrected chi connectivity index (χ2v) is 4.29. The molecule has 0 aromatic heterocycles. The lowest BCUT2D eigenvalue weighted by molar-refractivity contribution is -0.0337. The van der Waals surface area contributed by atoms with Crippen LogP contribution in [0.4, 0.5) is 0 Å². The molecule has 0 amide bonds.